The third-order valence-corrected chi connectivity index (χ3v) is 5.67. The molecule has 0 aliphatic carbocycles. The normalized spacial score (nSPS) is 14.1. The number of rotatable bonds is 3. The van der Waals surface area contributed by atoms with Crippen molar-refractivity contribution < 1.29 is 0 Å². The highest BCUT2D eigenvalue weighted by atomic mass is 35.5. The predicted molar refractivity (Wildman–Crippen MR) is 115 cm³/mol. The zero-order valence-corrected chi connectivity index (χ0v) is 16.9. The van der Waals surface area contributed by atoms with Crippen LogP contribution >= 0.6 is 11.6 Å². The Morgan fingerprint density at radius 2 is 1.93 bits per heavy atom. The number of fused-ring (bicyclic) bond motifs is 2. The fraction of sp³-hybridized carbons (Fsp3) is 0.217. The zero-order valence-electron chi connectivity index (χ0n) is 16.1. The summed E-state index contributed by atoms with van der Waals surface area (Å²) in [4.78, 5) is 20.4. The summed E-state index contributed by atoms with van der Waals surface area (Å²) in [6.07, 6.45) is 6.38. The standard InChI is InChI=1S/C23H20ClN5/c1-15-2-3-20-17(10-15)11-18(22(24)27-20)13-29-9-6-21-19(14-29)12-26-23(28-21)16-4-7-25-8-5-16/h2-5,7-8,10-12H,6,9,13-14H2,1H3. The second kappa shape index (κ2) is 7.50. The molecule has 6 heteroatoms. The van der Waals surface area contributed by atoms with Crippen molar-refractivity contribution in [2.75, 3.05) is 6.54 Å². The summed E-state index contributed by atoms with van der Waals surface area (Å²) in [5.74, 6) is 0.761. The summed E-state index contributed by atoms with van der Waals surface area (Å²) < 4.78 is 0. The van der Waals surface area contributed by atoms with E-state index in [9.17, 15) is 0 Å². The molecule has 0 amide bonds. The first-order valence-corrected chi connectivity index (χ1v) is 10.1. The van der Waals surface area contributed by atoms with E-state index in [1.54, 1.807) is 12.4 Å². The zero-order chi connectivity index (χ0) is 19.8. The van der Waals surface area contributed by atoms with E-state index in [0.29, 0.717) is 5.15 Å². The Morgan fingerprint density at radius 1 is 1.07 bits per heavy atom. The van der Waals surface area contributed by atoms with E-state index in [4.69, 9.17) is 16.6 Å². The third-order valence-electron chi connectivity index (χ3n) is 5.34. The van der Waals surface area contributed by atoms with Crippen LogP contribution in [0.25, 0.3) is 22.3 Å². The van der Waals surface area contributed by atoms with Crippen LogP contribution in [0, 0.1) is 6.92 Å². The Labute approximate surface area is 174 Å². The van der Waals surface area contributed by atoms with E-state index in [-0.39, 0.29) is 0 Å². The topological polar surface area (TPSA) is 54.8 Å². The lowest BCUT2D eigenvalue weighted by Crippen LogP contribution is -2.31. The molecule has 144 valence electrons. The van der Waals surface area contributed by atoms with Crippen molar-refractivity contribution in [3.05, 3.63) is 82.5 Å². The summed E-state index contributed by atoms with van der Waals surface area (Å²) >= 11 is 6.48. The second-order valence-corrected chi connectivity index (χ2v) is 7.85. The van der Waals surface area contributed by atoms with E-state index in [1.165, 1.54) is 11.1 Å². The Morgan fingerprint density at radius 3 is 2.79 bits per heavy atom. The van der Waals surface area contributed by atoms with E-state index in [0.717, 1.165) is 59.6 Å². The first-order chi connectivity index (χ1) is 14.2. The Kier molecular flexibility index (Phi) is 4.70. The molecule has 29 heavy (non-hydrogen) atoms. The number of halogens is 1. The van der Waals surface area contributed by atoms with Gasteiger partial charge in [-0.1, -0.05) is 23.2 Å². The SMILES string of the molecule is Cc1ccc2nc(Cl)c(CN3CCc4nc(-c5ccncc5)ncc4C3)cc2c1. The number of aryl methyl sites for hydroxylation is 1. The molecule has 1 aromatic carbocycles. The molecule has 0 bridgehead atoms. The number of hydrogen-bond donors (Lipinski definition) is 0. The van der Waals surface area contributed by atoms with Crippen LogP contribution in [0.4, 0.5) is 0 Å². The van der Waals surface area contributed by atoms with Crippen molar-refractivity contribution in [2.24, 2.45) is 0 Å². The molecule has 5 nitrogen and oxygen atoms in total. The maximum atomic E-state index is 6.48. The van der Waals surface area contributed by atoms with Crippen molar-refractivity contribution in [1.82, 2.24) is 24.8 Å². The Balaban J connectivity index is 1.37. The van der Waals surface area contributed by atoms with Crippen molar-refractivity contribution in [2.45, 2.75) is 26.4 Å². The molecule has 3 aromatic heterocycles. The van der Waals surface area contributed by atoms with Gasteiger partial charge in [0.2, 0.25) is 0 Å². The van der Waals surface area contributed by atoms with Gasteiger partial charge >= 0.3 is 0 Å². The van der Waals surface area contributed by atoms with Crippen LogP contribution in [-0.2, 0) is 19.5 Å². The molecule has 4 heterocycles. The van der Waals surface area contributed by atoms with E-state index in [2.05, 4.69) is 45.0 Å². The molecule has 1 aliphatic rings. The molecule has 0 N–H and O–H groups in total. The van der Waals surface area contributed by atoms with Gasteiger partial charge in [0.05, 0.1) is 11.2 Å². The third kappa shape index (κ3) is 3.71. The fourth-order valence-corrected chi connectivity index (χ4v) is 4.02. The van der Waals surface area contributed by atoms with Gasteiger partial charge in [0.15, 0.2) is 5.82 Å². The Bertz CT molecular complexity index is 1190. The number of nitrogens with zero attached hydrogens (tertiary/aromatic N) is 5. The molecule has 0 radical (unpaired) electrons. The van der Waals surface area contributed by atoms with Crippen LogP contribution in [-0.4, -0.2) is 31.4 Å². The number of pyridine rings is 2. The van der Waals surface area contributed by atoms with Gasteiger partial charge in [0.1, 0.15) is 5.15 Å². The van der Waals surface area contributed by atoms with Crippen LogP contribution < -0.4 is 0 Å². The average Bonchev–Trinajstić information content (AvgIpc) is 2.75. The highest BCUT2D eigenvalue weighted by Crippen LogP contribution is 2.26. The largest absolute Gasteiger partial charge is 0.294 e. The second-order valence-electron chi connectivity index (χ2n) is 7.50. The highest BCUT2D eigenvalue weighted by Gasteiger charge is 2.20. The van der Waals surface area contributed by atoms with Crippen LogP contribution in [0.1, 0.15) is 22.4 Å². The lowest BCUT2D eigenvalue weighted by atomic mass is 10.1. The molecule has 0 saturated heterocycles. The molecule has 0 fully saturated rings. The maximum absolute atomic E-state index is 6.48. The van der Waals surface area contributed by atoms with Gasteiger partial charge in [-0.05, 0) is 37.3 Å². The summed E-state index contributed by atoms with van der Waals surface area (Å²) in [6, 6.07) is 12.3. The number of hydrogen-bond acceptors (Lipinski definition) is 5. The minimum Gasteiger partial charge on any atom is -0.294 e. The smallest absolute Gasteiger partial charge is 0.159 e. The average molecular weight is 402 g/mol. The quantitative estimate of drug-likeness (QED) is 0.469. The van der Waals surface area contributed by atoms with Crippen LogP contribution in [0.3, 0.4) is 0 Å². The molecule has 4 aromatic rings. The molecule has 0 atom stereocenters. The first-order valence-electron chi connectivity index (χ1n) is 9.69. The summed E-state index contributed by atoms with van der Waals surface area (Å²) in [7, 11) is 0. The lowest BCUT2D eigenvalue weighted by molar-refractivity contribution is 0.243. The van der Waals surface area contributed by atoms with Gasteiger partial charge < -0.3 is 0 Å². The highest BCUT2D eigenvalue weighted by molar-refractivity contribution is 6.30. The van der Waals surface area contributed by atoms with E-state index in [1.807, 2.05) is 24.4 Å². The van der Waals surface area contributed by atoms with Gasteiger partial charge in [0.25, 0.3) is 0 Å². The molecular weight excluding hydrogens is 382 g/mol. The van der Waals surface area contributed by atoms with Crippen molar-refractivity contribution in [1.29, 1.82) is 0 Å². The van der Waals surface area contributed by atoms with Crippen molar-refractivity contribution in [3.63, 3.8) is 0 Å². The summed E-state index contributed by atoms with van der Waals surface area (Å²) in [5.41, 5.74) is 6.51. The minimum atomic E-state index is 0.580. The fourth-order valence-electron chi connectivity index (χ4n) is 3.82. The van der Waals surface area contributed by atoms with Gasteiger partial charge in [-0.25, -0.2) is 15.0 Å². The van der Waals surface area contributed by atoms with Gasteiger partial charge in [-0.3, -0.25) is 9.88 Å². The monoisotopic (exact) mass is 401 g/mol. The summed E-state index contributed by atoms with van der Waals surface area (Å²) in [6.45, 7) is 4.60. The Hall–Kier alpha value is -2.89. The predicted octanol–water partition coefficient (Wildman–Crippen LogP) is 4.61. The first kappa shape index (κ1) is 18.2. The molecule has 1 aliphatic heterocycles. The molecular formula is C23H20ClN5. The van der Waals surface area contributed by atoms with Gasteiger partial charge in [0, 0.05) is 66.7 Å². The summed E-state index contributed by atoms with van der Waals surface area (Å²) in [5, 5.41) is 1.71. The van der Waals surface area contributed by atoms with Crippen LogP contribution in [0.2, 0.25) is 5.15 Å². The molecule has 5 rings (SSSR count). The van der Waals surface area contributed by atoms with Gasteiger partial charge in [-0.2, -0.15) is 0 Å². The van der Waals surface area contributed by atoms with Crippen molar-refractivity contribution in [3.8, 4) is 11.4 Å². The van der Waals surface area contributed by atoms with Crippen LogP contribution in [0.15, 0.2) is 55.0 Å². The number of aromatic nitrogens is 4. The molecule has 0 unspecified atom stereocenters. The van der Waals surface area contributed by atoms with Crippen LogP contribution in [0.5, 0.6) is 0 Å². The molecule has 0 saturated carbocycles. The van der Waals surface area contributed by atoms with E-state index >= 15 is 0 Å². The lowest BCUT2D eigenvalue weighted by Gasteiger charge is -2.28. The number of benzene rings is 1. The minimum absolute atomic E-state index is 0.580. The maximum Gasteiger partial charge on any atom is 0.159 e. The van der Waals surface area contributed by atoms with Crippen molar-refractivity contribution >= 4 is 22.5 Å². The van der Waals surface area contributed by atoms with E-state index < -0.39 is 0 Å². The molecule has 0 spiro atoms. The van der Waals surface area contributed by atoms with Gasteiger partial charge in [-0.15, -0.1) is 0 Å².